The molecular weight excluding hydrogens is 347 g/mol. The van der Waals surface area contributed by atoms with Gasteiger partial charge in [0.05, 0.1) is 28.3 Å². The number of esters is 1. The van der Waals surface area contributed by atoms with Gasteiger partial charge >= 0.3 is 5.97 Å². The first-order chi connectivity index (χ1) is 8.61. The summed E-state index contributed by atoms with van der Waals surface area (Å²) in [6.07, 6.45) is 4.92. The molecule has 0 radical (unpaired) electrons. The van der Waals surface area contributed by atoms with Gasteiger partial charge < -0.3 is 10.5 Å². The molecule has 0 aliphatic carbocycles. The normalized spacial score (nSPS) is 10.3. The van der Waals surface area contributed by atoms with Crippen molar-refractivity contribution in [3.8, 4) is 5.82 Å². The van der Waals surface area contributed by atoms with Crippen molar-refractivity contribution >= 4 is 34.2 Å². The molecule has 0 atom stereocenters. The fourth-order valence-corrected chi connectivity index (χ4v) is 1.82. The first-order valence-electron chi connectivity index (χ1n) is 5.25. The molecule has 2 aromatic rings. The van der Waals surface area contributed by atoms with Crippen LogP contribution in [-0.2, 0) is 4.74 Å². The Morgan fingerprint density at radius 2 is 2.33 bits per heavy atom. The molecule has 0 saturated carbocycles. The summed E-state index contributed by atoms with van der Waals surface area (Å²) in [5.41, 5.74) is 6.35. The number of pyridine rings is 1. The molecule has 0 unspecified atom stereocenters. The maximum Gasteiger partial charge on any atom is 0.342 e. The second-order valence-electron chi connectivity index (χ2n) is 3.46. The summed E-state index contributed by atoms with van der Waals surface area (Å²) >= 11 is 2.13. The van der Waals surface area contributed by atoms with E-state index in [4.69, 9.17) is 10.5 Å². The summed E-state index contributed by atoms with van der Waals surface area (Å²) < 4.78 is 7.44. The number of hydrogen-bond acceptors (Lipinski definition) is 5. The summed E-state index contributed by atoms with van der Waals surface area (Å²) in [5.74, 6) is -0.0524. The second kappa shape index (κ2) is 5.34. The van der Waals surface area contributed by atoms with Gasteiger partial charge in [-0.2, -0.15) is 5.10 Å². The number of halogens is 1. The SMILES string of the molecule is CCOC(=O)c1cc(N)cnc1-n1cc(I)cn1. The highest BCUT2D eigenvalue weighted by molar-refractivity contribution is 14.1. The van der Waals surface area contributed by atoms with Gasteiger partial charge in [0.1, 0.15) is 5.56 Å². The third-order valence-corrected chi connectivity index (χ3v) is 2.71. The van der Waals surface area contributed by atoms with E-state index in [0.29, 0.717) is 23.7 Å². The van der Waals surface area contributed by atoms with E-state index in [1.165, 1.54) is 16.9 Å². The molecule has 2 N–H and O–H groups in total. The highest BCUT2D eigenvalue weighted by atomic mass is 127. The maximum absolute atomic E-state index is 11.8. The second-order valence-corrected chi connectivity index (χ2v) is 4.71. The third-order valence-electron chi connectivity index (χ3n) is 2.15. The first-order valence-corrected chi connectivity index (χ1v) is 6.33. The van der Waals surface area contributed by atoms with Gasteiger partial charge in [-0.05, 0) is 35.6 Å². The van der Waals surface area contributed by atoms with Gasteiger partial charge in [-0.25, -0.2) is 14.5 Å². The van der Waals surface area contributed by atoms with Crippen LogP contribution in [0, 0.1) is 3.57 Å². The monoisotopic (exact) mass is 358 g/mol. The molecule has 0 bridgehead atoms. The van der Waals surface area contributed by atoms with E-state index < -0.39 is 5.97 Å². The summed E-state index contributed by atoms with van der Waals surface area (Å²) in [4.78, 5) is 16.0. The van der Waals surface area contributed by atoms with Gasteiger partial charge in [-0.3, -0.25) is 0 Å². The Hall–Kier alpha value is -1.64. The average molecular weight is 358 g/mol. The maximum atomic E-state index is 11.8. The molecule has 0 saturated heterocycles. The zero-order valence-corrected chi connectivity index (χ0v) is 11.8. The molecule has 94 valence electrons. The molecule has 0 aliphatic rings. The zero-order valence-electron chi connectivity index (χ0n) is 9.63. The number of rotatable bonds is 3. The lowest BCUT2D eigenvalue weighted by atomic mass is 10.2. The van der Waals surface area contributed by atoms with E-state index in [-0.39, 0.29) is 0 Å². The van der Waals surface area contributed by atoms with Gasteiger partial charge in [-0.15, -0.1) is 0 Å². The summed E-state index contributed by atoms with van der Waals surface area (Å²) in [6, 6.07) is 1.54. The van der Waals surface area contributed by atoms with Crippen molar-refractivity contribution in [2.24, 2.45) is 0 Å². The Morgan fingerprint density at radius 3 is 2.94 bits per heavy atom. The number of nitrogen functional groups attached to an aromatic ring is 1. The Labute approximate surface area is 117 Å². The molecule has 0 amide bonds. The van der Waals surface area contributed by atoms with Crippen molar-refractivity contribution < 1.29 is 9.53 Å². The Balaban J connectivity index is 2.50. The largest absolute Gasteiger partial charge is 0.462 e. The van der Waals surface area contributed by atoms with E-state index in [1.807, 2.05) is 0 Å². The van der Waals surface area contributed by atoms with Gasteiger partial charge in [0.25, 0.3) is 0 Å². The van der Waals surface area contributed by atoms with Crippen LogP contribution in [0.4, 0.5) is 5.69 Å². The topological polar surface area (TPSA) is 83.0 Å². The molecule has 6 nitrogen and oxygen atoms in total. The molecule has 0 aliphatic heterocycles. The summed E-state index contributed by atoms with van der Waals surface area (Å²) in [6.45, 7) is 2.04. The lowest BCUT2D eigenvalue weighted by Gasteiger charge is -2.08. The number of carbonyl (C=O) groups excluding carboxylic acids is 1. The molecule has 2 rings (SSSR count). The molecule has 18 heavy (non-hydrogen) atoms. The molecule has 0 fully saturated rings. The van der Waals surface area contributed by atoms with Crippen LogP contribution in [0.15, 0.2) is 24.7 Å². The van der Waals surface area contributed by atoms with Crippen LogP contribution in [0.2, 0.25) is 0 Å². The number of aromatic nitrogens is 3. The number of nitrogens with two attached hydrogens (primary N) is 1. The Kier molecular flexibility index (Phi) is 3.80. The van der Waals surface area contributed by atoms with Crippen molar-refractivity contribution in [1.82, 2.24) is 14.8 Å². The predicted octanol–water partition coefficient (Wildman–Crippen LogP) is 1.63. The van der Waals surface area contributed by atoms with Gasteiger partial charge in [0, 0.05) is 6.20 Å². The van der Waals surface area contributed by atoms with E-state index in [1.54, 1.807) is 19.3 Å². The lowest BCUT2D eigenvalue weighted by molar-refractivity contribution is 0.0526. The highest BCUT2D eigenvalue weighted by Crippen LogP contribution is 2.16. The van der Waals surface area contributed by atoms with Crippen LogP contribution in [0.5, 0.6) is 0 Å². The van der Waals surface area contributed by atoms with E-state index in [2.05, 4.69) is 32.7 Å². The minimum Gasteiger partial charge on any atom is -0.462 e. The number of ether oxygens (including phenoxy) is 1. The Morgan fingerprint density at radius 1 is 1.56 bits per heavy atom. The van der Waals surface area contributed by atoms with E-state index >= 15 is 0 Å². The van der Waals surface area contributed by atoms with Crippen LogP contribution in [0.3, 0.4) is 0 Å². The minimum atomic E-state index is -0.460. The van der Waals surface area contributed by atoms with E-state index in [9.17, 15) is 4.79 Å². The first kappa shape index (κ1) is 12.8. The quantitative estimate of drug-likeness (QED) is 0.666. The number of carbonyl (C=O) groups is 1. The minimum absolute atomic E-state index is 0.295. The molecule has 2 aromatic heterocycles. The van der Waals surface area contributed by atoms with Crippen molar-refractivity contribution in [3.63, 3.8) is 0 Å². The molecule has 0 aromatic carbocycles. The average Bonchev–Trinajstić information content (AvgIpc) is 2.76. The predicted molar refractivity (Wildman–Crippen MR) is 74.4 cm³/mol. The molecular formula is C11H11IN4O2. The summed E-state index contributed by atoms with van der Waals surface area (Å²) in [7, 11) is 0. The number of hydrogen-bond donors (Lipinski definition) is 1. The van der Waals surface area contributed by atoms with Crippen molar-refractivity contribution in [2.75, 3.05) is 12.3 Å². The molecule has 0 spiro atoms. The highest BCUT2D eigenvalue weighted by Gasteiger charge is 2.16. The van der Waals surface area contributed by atoms with E-state index in [0.717, 1.165) is 3.57 Å². The van der Waals surface area contributed by atoms with Crippen molar-refractivity contribution in [2.45, 2.75) is 6.92 Å². The van der Waals surface area contributed by atoms with Gasteiger partial charge in [-0.1, -0.05) is 0 Å². The zero-order chi connectivity index (χ0) is 13.1. The summed E-state index contributed by atoms with van der Waals surface area (Å²) in [5, 5.41) is 4.12. The van der Waals surface area contributed by atoms with Crippen LogP contribution in [-0.4, -0.2) is 27.3 Å². The van der Waals surface area contributed by atoms with Crippen LogP contribution >= 0.6 is 22.6 Å². The number of anilines is 1. The standard InChI is InChI=1S/C11H11IN4O2/c1-2-18-11(17)9-3-8(13)5-14-10(9)16-6-7(12)4-15-16/h3-6H,2,13H2,1H3. The van der Waals surface area contributed by atoms with Gasteiger partial charge in [0.15, 0.2) is 5.82 Å². The van der Waals surface area contributed by atoms with Crippen LogP contribution < -0.4 is 5.73 Å². The van der Waals surface area contributed by atoms with Crippen molar-refractivity contribution in [1.29, 1.82) is 0 Å². The third kappa shape index (κ3) is 2.61. The molecule has 7 heteroatoms. The lowest BCUT2D eigenvalue weighted by Crippen LogP contribution is -2.12. The fourth-order valence-electron chi connectivity index (χ4n) is 1.43. The van der Waals surface area contributed by atoms with Crippen LogP contribution in [0.1, 0.15) is 17.3 Å². The Bertz CT molecular complexity index is 582. The van der Waals surface area contributed by atoms with Gasteiger partial charge in [0.2, 0.25) is 0 Å². The van der Waals surface area contributed by atoms with Crippen molar-refractivity contribution in [3.05, 3.63) is 33.8 Å². The van der Waals surface area contributed by atoms with Crippen LogP contribution in [0.25, 0.3) is 5.82 Å². The molecule has 2 heterocycles. The fraction of sp³-hybridized carbons (Fsp3) is 0.182. The smallest absolute Gasteiger partial charge is 0.342 e. The number of nitrogens with zero attached hydrogens (tertiary/aromatic N) is 3.